The van der Waals surface area contributed by atoms with E-state index in [2.05, 4.69) is 16.4 Å². The lowest BCUT2D eigenvalue weighted by Gasteiger charge is -2.28. The SMILES string of the molecule is CCCCCCCCCCCNS(=O)(=O)N[C@H](CC(=O)O)C[N+](C)(C)C. The van der Waals surface area contributed by atoms with Crippen molar-refractivity contribution in [3.63, 3.8) is 0 Å². The molecule has 156 valence electrons. The lowest BCUT2D eigenvalue weighted by Crippen LogP contribution is -2.52. The molecule has 0 amide bonds. The Kier molecular flexibility index (Phi) is 13.1. The Balaban J connectivity index is 4.02. The summed E-state index contributed by atoms with van der Waals surface area (Å²) in [5.74, 6) is -1.01. The molecule has 0 unspecified atom stereocenters. The topological polar surface area (TPSA) is 95.5 Å². The van der Waals surface area contributed by atoms with Gasteiger partial charge in [0, 0.05) is 6.54 Å². The second-order valence-corrected chi connectivity index (χ2v) is 9.64. The zero-order chi connectivity index (χ0) is 20.1. The molecule has 0 radical (unpaired) electrons. The fourth-order valence-corrected chi connectivity index (χ4v) is 4.01. The molecule has 0 heterocycles. The molecule has 3 N–H and O–H groups in total. The Hall–Kier alpha value is -0.700. The summed E-state index contributed by atoms with van der Waals surface area (Å²) in [5.41, 5.74) is 0. The van der Waals surface area contributed by atoms with Crippen molar-refractivity contribution in [2.24, 2.45) is 0 Å². The van der Waals surface area contributed by atoms with Gasteiger partial charge in [-0.15, -0.1) is 0 Å². The van der Waals surface area contributed by atoms with Gasteiger partial charge in [0.25, 0.3) is 10.2 Å². The van der Waals surface area contributed by atoms with Crippen molar-refractivity contribution in [3.05, 3.63) is 0 Å². The van der Waals surface area contributed by atoms with Gasteiger partial charge in [0.05, 0.1) is 40.2 Å². The molecule has 0 aromatic heterocycles. The normalized spacial score (nSPS) is 13.7. The van der Waals surface area contributed by atoms with Crippen molar-refractivity contribution in [2.75, 3.05) is 34.2 Å². The zero-order valence-electron chi connectivity index (χ0n) is 17.1. The summed E-state index contributed by atoms with van der Waals surface area (Å²) < 4.78 is 29.7. The van der Waals surface area contributed by atoms with E-state index in [4.69, 9.17) is 5.11 Å². The van der Waals surface area contributed by atoms with Gasteiger partial charge in [0.1, 0.15) is 0 Å². The molecule has 0 aliphatic carbocycles. The molecule has 0 aromatic carbocycles. The number of carboxylic acids is 1. The van der Waals surface area contributed by atoms with Crippen LogP contribution in [0.25, 0.3) is 0 Å². The molecule has 26 heavy (non-hydrogen) atoms. The summed E-state index contributed by atoms with van der Waals surface area (Å²) in [6, 6.07) is -0.631. The van der Waals surface area contributed by atoms with Gasteiger partial charge in [-0.2, -0.15) is 13.1 Å². The second-order valence-electron chi connectivity index (χ2n) is 8.11. The fourth-order valence-electron chi connectivity index (χ4n) is 2.92. The van der Waals surface area contributed by atoms with Gasteiger partial charge < -0.3 is 9.59 Å². The number of hydrogen-bond donors (Lipinski definition) is 3. The maximum absolute atomic E-state index is 12.1. The third kappa shape index (κ3) is 16.8. The van der Waals surface area contributed by atoms with Crippen LogP contribution < -0.4 is 9.44 Å². The third-order valence-corrected chi connectivity index (χ3v) is 5.31. The Bertz CT molecular complexity index is 475. The lowest BCUT2D eigenvalue weighted by atomic mass is 10.1. The van der Waals surface area contributed by atoms with E-state index in [1.165, 1.54) is 38.5 Å². The highest BCUT2D eigenvalue weighted by Crippen LogP contribution is 2.09. The first-order valence-corrected chi connectivity index (χ1v) is 11.3. The predicted octanol–water partition coefficient (Wildman–Crippen LogP) is 2.49. The molecule has 0 fully saturated rings. The van der Waals surface area contributed by atoms with Crippen LogP contribution in [-0.4, -0.2) is 64.3 Å². The number of quaternary nitrogens is 1. The molecule has 0 bridgehead atoms. The molecule has 0 spiro atoms. The van der Waals surface area contributed by atoms with Crippen LogP contribution in [0.5, 0.6) is 0 Å². The minimum atomic E-state index is -3.68. The largest absolute Gasteiger partial charge is 0.481 e. The van der Waals surface area contributed by atoms with Crippen LogP contribution in [0.4, 0.5) is 0 Å². The van der Waals surface area contributed by atoms with E-state index in [1.54, 1.807) is 0 Å². The van der Waals surface area contributed by atoms with Crippen molar-refractivity contribution < 1.29 is 22.8 Å². The number of nitrogens with zero attached hydrogens (tertiary/aromatic N) is 1. The van der Waals surface area contributed by atoms with Crippen LogP contribution >= 0.6 is 0 Å². The molecular formula is C18H40N3O4S+. The van der Waals surface area contributed by atoms with E-state index < -0.39 is 22.2 Å². The van der Waals surface area contributed by atoms with Gasteiger partial charge >= 0.3 is 5.97 Å². The van der Waals surface area contributed by atoms with Gasteiger partial charge in [0.2, 0.25) is 0 Å². The highest BCUT2D eigenvalue weighted by atomic mass is 32.2. The molecule has 7 nitrogen and oxygen atoms in total. The predicted molar refractivity (Wildman–Crippen MR) is 106 cm³/mol. The van der Waals surface area contributed by atoms with Crippen molar-refractivity contribution >= 4 is 16.2 Å². The van der Waals surface area contributed by atoms with E-state index in [0.717, 1.165) is 19.3 Å². The van der Waals surface area contributed by atoms with Gasteiger partial charge in [-0.3, -0.25) is 4.79 Å². The molecule has 0 saturated heterocycles. The highest BCUT2D eigenvalue weighted by Gasteiger charge is 2.25. The van der Waals surface area contributed by atoms with Crippen LogP contribution in [0.2, 0.25) is 0 Å². The summed E-state index contributed by atoms with van der Waals surface area (Å²) in [4.78, 5) is 11.0. The molecular weight excluding hydrogens is 354 g/mol. The third-order valence-electron chi connectivity index (χ3n) is 4.08. The number of likely N-dealkylation sites (N-methyl/N-ethyl adjacent to an activating group) is 1. The molecule has 0 aliphatic heterocycles. The van der Waals surface area contributed by atoms with Crippen molar-refractivity contribution in [1.29, 1.82) is 0 Å². The first-order valence-electron chi connectivity index (χ1n) is 9.85. The van der Waals surface area contributed by atoms with Gasteiger partial charge in [-0.1, -0.05) is 58.3 Å². The zero-order valence-corrected chi connectivity index (χ0v) is 17.9. The van der Waals surface area contributed by atoms with E-state index >= 15 is 0 Å². The maximum atomic E-state index is 12.1. The van der Waals surface area contributed by atoms with Crippen molar-refractivity contribution in [3.8, 4) is 0 Å². The number of carbonyl (C=O) groups is 1. The van der Waals surface area contributed by atoms with Crippen LogP contribution in [0.1, 0.15) is 71.1 Å². The number of aliphatic carboxylic acids is 1. The van der Waals surface area contributed by atoms with E-state index in [1.807, 2.05) is 21.1 Å². The molecule has 1 atom stereocenters. The lowest BCUT2D eigenvalue weighted by molar-refractivity contribution is -0.871. The standard InChI is InChI=1S/C18H39N3O4S/c1-5-6-7-8-9-10-11-12-13-14-19-26(24,25)20-17(15-18(22)23)16-21(2,3)4/h17,19-20H,5-16H2,1-4H3/p+1/t17-/m1/s1. The van der Waals surface area contributed by atoms with Crippen LogP contribution in [-0.2, 0) is 15.0 Å². The average molecular weight is 395 g/mol. The maximum Gasteiger partial charge on any atom is 0.305 e. The molecule has 0 aromatic rings. The smallest absolute Gasteiger partial charge is 0.305 e. The Morgan fingerprint density at radius 3 is 1.92 bits per heavy atom. The molecule has 0 aliphatic rings. The number of hydrogen-bond acceptors (Lipinski definition) is 3. The Morgan fingerprint density at radius 1 is 0.962 bits per heavy atom. The monoisotopic (exact) mass is 394 g/mol. The highest BCUT2D eigenvalue weighted by molar-refractivity contribution is 7.87. The fraction of sp³-hybridized carbons (Fsp3) is 0.944. The minimum Gasteiger partial charge on any atom is -0.481 e. The van der Waals surface area contributed by atoms with Gasteiger partial charge in [-0.05, 0) is 6.42 Å². The number of carboxylic acid groups (broad SMARTS) is 1. The minimum absolute atomic E-state index is 0.228. The number of nitrogens with one attached hydrogen (secondary N) is 2. The Labute approximate surface area is 160 Å². The van der Waals surface area contributed by atoms with Crippen LogP contribution in [0.15, 0.2) is 0 Å². The molecule has 0 rings (SSSR count). The molecule has 0 saturated carbocycles. The Morgan fingerprint density at radius 2 is 1.46 bits per heavy atom. The number of unbranched alkanes of at least 4 members (excludes halogenated alkanes) is 8. The summed E-state index contributed by atoms with van der Waals surface area (Å²) in [6.45, 7) is 3.00. The summed E-state index contributed by atoms with van der Waals surface area (Å²) in [6.07, 6.45) is 10.4. The van der Waals surface area contributed by atoms with Gasteiger partial charge in [-0.25, -0.2) is 4.72 Å². The summed E-state index contributed by atoms with van der Waals surface area (Å²) in [5, 5.41) is 8.98. The van der Waals surface area contributed by atoms with Crippen LogP contribution in [0.3, 0.4) is 0 Å². The summed E-state index contributed by atoms with van der Waals surface area (Å²) in [7, 11) is 2.03. The van der Waals surface area contributed by atoms with Gasteiger partial charge in [0.15, 0.2) is 0 Å². The first kappa shape index (κ1) is 25.3. The van der Waals surface area contributed by atoms with E-state index in [-0.39, 0.29) is 6.42 Å². The molecule has 8 heteroatoms. The average Bonchev–Trinajstić information content (AvgIpc) is 2.46. The van der Waals surface area contributed by atoms with Crippen molar-refractivity contribution in [1.82, 2.24) is 9.44 Å². The van der Waals surface area contributed by atoms with Crippen molar-refractivity contribution in [2.45, 2.75) is 77.2 Å². The number of rotatable bonds is 17. The first-order chi connectivity index (χ1) is 12.1. The second kappa shape index (κ2) is 13.5. The van der Waals surface area contributed by atoms with E-state index in [0.29, 0.717) is 17.6 Å². The summed E-state index contributed by atoms with van der Waals surface area (Å²) >= 11 is 0. The quantitative estimate of drug-likeness (QED) is 0.261. The van der Waals surface area contributed by atoms with Crippen LogP contribution in [0, 0.1) is 0 Å². The van der Waals surface area contributed by atoms with E-state index in [9.17, 15) is 13.2 Å².